The van der Waals surface area contributed by atoms with Gasteiger partial charge in [-0.25, -0.2) is 4.79 Å². The summed E-state index contributed by atoms with van der Waals surface area (Å²) in [5.74, 6) is -0.403. The minimum atomic E-state index is -0.403. The average Bonchev–Trinajstić information content (AvgIpc) is 2.45. The number of nitrogens with one attached hydrogen (secondary N) is 1. The Hall–Kier alpha value is -2.49. The number of hydrogen-bond acceptors (Lipinski definition) is 4. The van der Waals surface area contributed by atoms with E-state index >= 15 is 0 Å². The van der Waals surface area contributed by atoms with Crippen LogP contribution in [0, 0.1) is 13.8 Å². The number of benzene rings is 2. The highest BCUT2D eigenvalue weighted by molar-refractivity contribution is 5.99. The van der Waals surface area contributed by atoms with Gasteiger partial charge in [0, 0.05) is 5.69 Å². The minimum absolute atomic E-state index is 0.326. The summed E-state index contributed by atoms with van der Waals surface area (Å²) in [7, 11) is 0. The summed E-state index contributed by atoms with van der Waals surface area (Å²) >= 11 is 0. The van der Waals surface area contributed by atoms with Crippen molar-refractivity contribution >= 4 is 23.0 Å². The van der Waals surface area contributed by atoms with Crippen LogP contribution in [0.5, 0.6) is 0 Å². The maximum absolute atomic E-state index is 11.9. The molecule has 2 rings (SSSR count). The molecule has 21 heavy (non-hydrogen) atoms. The average molecular weight is 284 g/mol. The predicted octanol–water partition coefficient (Wildman–Crippen LogP) is 3.81. The molecule has 0 atom stereocenters. The molecule has 0 heterocycles. The van der Waals surface area contributed by atoms with Gasteiger partial charge in [0.05, 0.1) is 23.5 Å². The van der Waals surface area contributed by atoms with Crippen LogP contribution in [0.25, 0.3) is 0 Å². The van der Waals surface area contributed by atoms with E-state index in [1.165, 1.54) is 0 Å². The van der Waals surface area contributed by atoms with Crippen LogP contribution < -0.4 is 11.1 Å². The summed E-state index contributed by atoms with van der Waals surface area (Å²) in [6.45, 7) is 6.15. The Labute approximate surface area is 124 Å². The molecule has 4 nitrogen and oxygen atoms in total. The number of carbonyl (C=O) groups is 1. The summed E-state index contributed by atoms with van der Waals surface area (Å²) in [6.07, 6.45) is 0. The van der Waals surface area contributed by atoms with E-state index in [0.29, 0.717) is 23.5 Å². The number of para-hydroxylation sites is 2. The Kier molecular flexibility index (Phi) is 4.48. The number of nitrogen functional groups attached to an aromatic ring is 1. The second-order valence-corrected chi connectivity index (χ2v) is 4.88. The van der Waals surface area contributed by atoms with E-state index < -0.39 is 5.97 Å². The molecular formula is C17H20N2O2. The second kappa shape index (κ2) is 6.31. The smallest absolute Gasteiger partial charge is 0.340 e. The number of ether oxygens (including phenoxy) is 1. The first-order valence-corrected chi connectivity index (χ1v) is 6.93. The van der Waals surface area contributed by atoms with Gasteiger partial charge in [-0.05, 0) is 44.0 Å². The Morgan fingerprint density at radius 2 is 1.76 bits per heavy atom. The molecular weight excluding hydrogens is 264 g/mol. The van der Waals surface area contributed by atoms with E-state index in [2.05, 4.69) is 5.32 Å². The van der Waals surface area contributed by atoms with E-state index in [0.717, 1.165) is 16.8 Å². The first kappa shape index (κ1) is 14.9. The third-order valence-corrected chi connectivity index (χ3v) is 3.34. The summed E-state index contributed by atoms with van der Waals surface area (Å²) in [5, 5.41) is 3.31. The van der Waals surface area contributed by atoms with Crippen molar-refractivity contribution < 1.29 is 9.53 Å². The van der Waals surface area contributed by atoms with E-state index in [4.69, 9.17) is 10.5 Å². The van der Waals surface area contributed by atoms with Crippen molar-refractivity contribution in [1.29, 1.82) is 0 Å². The van der Waals surface area contributed by atoms with Crippen molar-refractivity contribution in [2.24, 2.45) is 0 Å². The van der Waals surface area contributed by atoms with Crippen molar-refractivity contribution in [1.82, 2.24) is 0 Å². The Bertz CT molecular complexity index is 646. The quantitative estimate of drug-likeness (QED) is 0.662. The van der Waals surface area contributed by atoms with Crippen molar-refractivity contribution in [3.8, 4) is 0 Å². The molecule has 0 unspecified atom stereocenters. The van der Waals surface area contributed by atoms with Crippen LogP contribution in [-0.4, -0.2) is 12.6 Å². The summed E-state index contributed by atoms with van der Waals surface area (Å²) in [4.78, 5) is 11.9. The molecule has 3 N–H and O–H groups in total. The van der Waals surface area contributed by atoms with Crippen molar-refractivity contribution in [3.63, 3.8) is 0 Å². The van der Waals surface area contributed by atoms with Crippen LogP contribution in [-0.2, 0) is 4.74 Å². The molecule has 0 spiro atoms. The Morgan fingerprint density at radius 1 is 1.14 bits per heavy atom. The fourth-order valence-corrected chi connectivity index (χ4v) is 2.21. The molecule has 110 valence electrons. The summed E-state index contributed by atoms with van der Waals surface area (Å²) in [6, 6.07) is 11.4. The van der Waals surface area contributed by atoms with E-state index in [1.54, 1.807) is 19.1 Å². The number of carbonyl (C=O) groups excluding carboxylic acids is 1. The SMILES string of the molecule is CCOC(=O)c1cccc(Nc2c(C)cccc2C)c1N. The highest BCUT2D eigenvalue weighted by Crippen LogP contribution is 2.30. The Morgan fingerprint density at radius 3 is 2.38 bits per heavy atom. The monoisotopic (exact) mass is 284 g/mol. The zero-order valence-corrected chi connectivity index (χ0v) is 12.6. The predicted molar refractivity (Wildman–Crippen MR) is 86.0 cm³/mol. The molecule has 0 aliphatic heterocycles. The van der Waals surface area contributed by atoms with E-state index in [1.807, 2.05) is 38.1 Å². The van der Waals surface area contributed by atoms with Crippen LogP contribution in [0.1, 0.15) is 28.4 Å². The molecule has 0 aliphatic carbocycles. The van der Waals surface area contributed by atoms with Gasteiger partial charge in [-0.15, -0.1) is 0 Å². The van der Waals surface area contributed by atoms with Crippen molar-refractivity contribution in [3.05, 3.63) is 53.1 Å². The van der Waals surface area contributed by atoms with Gasteiger partial charge in [-0.3, -0.25) is 0 Å². The number of esters is 1. The third-order valence-electron chi connectivity index (χ3n) is 3.34. The lowest BCUT2D eigenvalue weighted by Crippen LogP contribution is -2.10. The van der Waals surface area contributed by atoms with Crippen LogP contribution >= 0.6 is 0 Å². The highest BCUT2D eigenvalue weighted by atomic mass is 16.5. The number of nitrogens with two attached hydrogens (primary N) is 1. The second-order valence-electron chi connectivity index (χ2n) is 4.88. The third kappa shape index (κ3) is 3.16. The largest absolute Gasteiger partial charge is 0.462 e. The van der Waals surface area contributed by atoms with Gasteiger partial charge >= 0.3 is 5.97 Å². The van der Waals surface area contributed by atoms with Gasteiger partial charge < -0.3 is 15.8 Å². The van der Waals surface area contributed by atoms with Gasteiger partial charge in [-0.2, -0.15) is 0 Å². The number of anilines is 3. The minimum Gasteiger partial charge on any atom is -0.462 e. The van der Waals surface area contributed by atoms with E-state index in [-0.39, 0.29) is 0 Å². The molecule has 2 aromatic carbocycles. The lowest BCUT2D eigenvalue weighted by Gasteiger charge is -2.16. The molecule has 4 heteroatoms. The van der Waals surface area contributed by atoms with Crippen molar-refractivity contribution in [2.75, 3.05) is 17.7 Å². The van der Waals surface area contributed by atoms with Gasteiger partial charge in [0.2, 0.25) is 0 Å². The molecule has 0 saturated heterocycles. The lowest BCUT2D eigenvalue weighted by atomic mass is 10.1. The molecule has 0 saturated carbocycles. The zero-order valence-electron chi connectivity index (χ0n) is 12.6. The molecule has 0 bridgehead atoms. The first-order valence-electron chi connectivity index (χ1n) is 6.93. The van der Waals surface area contributed by atoms with Crippen LogP contribution in [0.15, 0.2) is 36.4 Å². The maximum Gasteiger partial charge on any atom is 0.340 e. The van der Waals surface area contributed by atoms with Crippen molar-refractivity contribution in [2.45, 2.75) is 20.8 Å². The number of hydrogen-bond donors (Lipinski definition) is 2. The normalized spacial score (nSPS) is 10.2. The number of rotatable bonds is 4. The maximum atomic E-state index is 11.9. The fraction of sp³-hybridized carbons (Fsp3) is 0.235. The molecule has 0 radical (unpaired) electrons. The summed E-state index contributed by atoms with van der Waals surface area (Å²) < 4.78 is 5.01. The number of aryl methyl sites for hydroxylation is 2. The van der Waals surface area contributed by atoms with Gasteiger partial charge in [-0.1, -0.05) is 24.3 Å². The molecule has 0 fully saturated rings. The molecule has 2 aromatic rings. The topological polar surface area (TPSA) is 64.3 Å². The summed E-state index contributed by atoms with van der Waals surface area (Å²) in [5.41, 5.74) is 10.8. The molecule has 0 aliphatic rings. The molecule has 0 amide bonds. The van der Waals surface area contributed by atoms with Crippen LogP contribution in [0.4, 0.5) is 17.1 Å². The van der Waals surface area contributed by atoms with Crippen LogP contribution in [0.2, 0.25) is 0 Å². The van der Waals surface area contributed by atoms with Crippen LogP contribution in [0.3, 0.4) is 0 Å². The fourth-order valence-electron chi connectivity index (χ4n) is 2.21. The Balaban J connectivity index is 2.37. The lowest BCUT2D eigenvalue weighted by molar-refractivity contribution is 0.0527. The standard InChI is InChI=1S/C17H20N2O2/c1-4-21-17(20)13-9-6-10-14(15(13)18)19-16-11(2)7-5-8-12(16)3/h5-10,19H,4,18H2,1-3H3. The van der Waals surface area contributed by atoms with Gasteiger partial charge in [0.15, 0.2) is 0 Å². The zero-order chi connectivity index (χ0) is 15.4. The van der Waals surface area contributed by atoms with E-state index in [9.17, 15) is 4.79 Å². The molecule has 0 aromatic heterocycles. The highest BCUT2D eigenvalue weighted by Gasteiger charge is 2.14. The van der Waals surface area contributed by atoms with Gasteiger partial charge in [0.1, 0.15) is 0 Å². The first-order chi connectivity index (χ1) is 10.0. The van der Waals surface area contributed by atoms with Gasteiger partial charge in [0.25, 0.3) is 0 Å².